The first-order valence-corrected chi connectivity index (χ1v) is 16.4. The number of nitrogens with one attached hydrogen (secondary N) is 3. The number of carboxylic acid groups (broad SMARTS) is 3. The molecule has 4 heterocycles. The molecule has 0 aromatic heterocycles. The zero-order valence-electron chi connectivity index (χ0n) is 29.9. The summed E-state index contributed by atoms with van der Waals surface area (Å²) in [6.45, 7) is 7.10. The highest BCUT2D eigenvalue weighted by atomic mass is 16.4. The van der Waals surface area contributed by atoms with Gasteiger partial charge in [0, 0.05) is 13.1 Å². The Kier molecular flexibility index (Phi) is 12.6. The van der Waals surface area contributed by atoms with E-state index in [1.165, 1.54) is 9.13 Å². The second kappa shape index (κ2) is 17.1. The molecule has 0 radical (unpaired) electrons. The van der Waals surface area contributed by atoms with E-state index in [-0.39, 0.29) is 55.5 Å². The monoisotopic (exact) mass is 760 g/mol. The van der Waals surface area contributed by atoms with Gasteiger partial charge in [0.1, 0.15) is 13.1 Å². The van der Waals surface area contributed by atoms with E-state index in [2.05, 4.69) is 30.2 Å². The normalized spacial score (nSPS) is 10.8. The zero-order chi connectivity index (χ0) is 40.7. The summed E-state index contributed by atoms with van der Waals surface area (Å²) in [6, 6.07) is 7.13. The van der Waals surface area contributed by atoms with Crippen LogP contribution < -0.4 is 33.5 Å². The van der Waals surface area contributed by atoms with Crippen molar-refractivity contribution < 1.29 is 34.5 Å². The van der Waals surface area contributed by atoms with Gasteiger partial charge in [-0.1, -0.05) is 0 Å². The van der Waals surface area contributed by atoms with E-state index in [0.717, 1.165) is 22.3 Å². The van der Waals surface area contributed by atoms with Crippen LogP contribution in [-0.4, -0.2) is 91.3 Å². The van der Waals surface area contributed by atoms with Crippen molar-refractivity contribution in [3.8, 4) is 23.0 Å². The van der Waals surface area contributed by atoms with Crippen molar-refractivity contribution in [2.24, 2.45) is 5.73 Å². The highest BCUT2D eigenvalue weighted by Crippen LogP contribution is 2.25. The summed E-state index contributed by atoms with van der Waals surface area (Å²) in [5.74, 6) is -3.48. The van der Waals surface area contributed by atoms with E-state index in [1.807, 2.05) is 32.7 Å². The Hall–Kier alpha value is -7.16. The Morgan fingerprint density at radius 1 is 0.636 bits per heavy atom. The van der Waals surface area contributed by atoms with E-state index in [1.54, 1.807) is 24.3 Å². The van der Waals surface area contributed by atoms with Crippen molar-refractivity contribution in [1.29, 1.82) is 0 Å². The van der Waals surface area contributed by atoms with Gasteiger partial charge in [0.2, 0.25) is 5.91 Å². The molecule has 4 aliphatic heterocycles. The number of nitrogens with two attached hydrogens (primary N) is 1. The molecule has 2 aromatic carbocycles. The number of carbonyl (C=O) groups excluding carboxylic acids is 1. The third-order valence-electron chi connectivity index (χ3n) is 8.06. The minimum absolute atomic E-state index is 0.00659. The number of nitrogens with zero attached hydrogens (tertiary/aromatic N) is 6. The molecule has 0 spiro atoms. The summed E-state index contributed by atoms with van der Waals surface area (Å²) >= 11 is 0. The van der Waals surface area contributed by atoms with Crippen LogP contribution in [0.5, 0.6) is 0 Å². The summed E-state index contributed by atoms with van der Waals surface area (Å²) in [6.07, 6.45) is -0.144. The van der Waals surface area contributed by atoms with Crippen LogP contribution in [-0.2, 0) is 32.3 Å². The Morgan fingerprint density at radius 2 is 1.05 bits per heavy atom. The van der Waals surface area contributed by atoms with Crippen molar-refractivity contribution in [3.05, 3.63) is 88.2 Å². The molecule has 0 atom stereocenters. The van der Waals surface area contributed by atoms with Crippen LogP contribution in [0.1, 0.15) is 35.1 Å². The quantitative estimate of drug-likeness (QED) is 0.0913. The maximum absolute atomic E-state index is 12.3. The lowest BCUT2D eigenvalue weighted by molar-refractivity contribution is -0.138. The van der Waals surface area contributed by atoms with E-state index in [9.17, 15) is 38.4 Å². The number of amides is 1. The molecule has 288 valence electrons. The van der Waals surface area contributed by atoms with Gasteiger partial charge in [-0.25, -0.2) is 19.6 Å². The minimum atomic E-state index is -1.11. The van der Waals surface area contributed by atoms with Crippen LogP contribution >= 0.6 is 0 Å². The predicted molar refractivity (Wildman–Crippen MR) is 195 cm³/mol. The number of aromatic amines is 2. The van der Waals surface area contributed by atoms with Gasteiger partial charge in [0.15, 0.2) is 23.0 Å². The Bertz CT molecular complexity index is 2640. The lowest BCUT2D eigenvalue weighted by Gasteiger charge is -2.17. The number of aliphatic carboxylic acids is 3. The second-order valence-corrected chi connectivity index (χ2v) is 12.2. The molecular weight excluding hydrogens is 724 g/mol. The molecule has 0 unspecified atom stereocenters. The maximum atomic E-state index is 12.3. The van der Waals surface area contributed by atoms with Gasteiger partial charge >= 0.3 is 29.3 Å². The number of hydrogen-bond donors (Lipinski definition) is 7. The van der Waals surface area contributed by atoms with Crippen LogP contribution in [0.3, 0.4) is 0 Å². The molecule has 4 aliphatic rings. The minimum Gasteiger partial charge on any atom is -0.481 e. The molecule has 0 bridgehead atoms. The number of aromatic nitrogens is 8. The number of H-pyrrole nitrogens is 2. The average Bonchev–Trinajstić information content (AvgIpc) is 3.07. The number of fused-ring (bicyclic) bond motifs is 4. The van der Waals surface area contributed by atoms with Crippen LogP contribution in [0.15, 0.2) is 43.4 Å². The first-order chi connectivity index (χ1) is 25.9. The van der Waals surface area contributed by atoms with Gasteiger partial charge in [-0.3, -0.25) is 38.7 Å². The highest BCUT2D eigenvalue weighted by molar-refractivity contribution is 5.85. The number of aryl methyl sites for hydroxylation is 4. The first-order valence-electron chi connectivity index (χ1n) is 16.4. The summed E-state index contributed by atoms with van der Waals surface area (Å²) < 4.78 is 2.76. The molecular formula is C34H36N10O11. The van der Waals surface area contributed by atoms with Gasteiger partial charge in [0.05, 0.1) is 34.9 Å². The first kappa shape index (κ1) is 40.6. The lowest BCUT2D eigenvalue weighted by atomic mass is 10.1. The molecule has 6 rings (SSSR count). The van der Waals surface area contributed by atoms with E-state index in [0.29, 0.717) is 22.1 Å². The molecule has 55 heavy (non-hydrogen) atoms. The lowest BCUT2D eigenvalue weighted by Crippen LogP contribution is -2.33. The molecule has 21 heteroatoms. The van der Waals surface area contributed by atoms with Crippen molar-refractivity contribution in [2.45, 2.75) is 53.6 Å². The summed E-state index contributed by atoms with van der Waals surface area (Å²) in [5.41, 5.74) is 7.50. The van der Waals surface area contributed by atoms with E-state index >= 15 is 0 Å². The van der Waals surface area contributed by atoms with Crippen LogP contribution in [0, 0.1) is 27.7 Å². The molecule has 21 nitrogen and oxygen atoms in total. The predicted octanol–water partition coefficient (Wildman–Crippen LogP) is -0.502. The van der Waals surface area contributed by atoms with Gasteiger partial charge in [-0.15, -0.1) is 0 Å². The molecule has 0 saturated heterocycles. The SMILES string of the molecule is Cc1cc2nc3c(=O)[nH]c(=O)nc-3n(CC(=O)NCCC(=O)O)c2cc1C.Cc1cc2nc3c(=O)[nH]c(=O)nc-3n(CC(=O)O)c2cc1C.NCCC(=O)O. The average molecular weight is 761 g/mol. The molecule has 8 N–H and O–H groups in total. The molecule has 0 saturated carbocycles. The zero-order valence-corrected chi connectivity index (χ0v) is 29.9. The van der Waals surface area contributed by atoms with Crippen molar-refractivity contribution in [3.63, 3.8) is 0 Å². The van der Waals surface area contributed by atoms with E-state index in [4.69, 9.17) is 21.1 Å². The fourth-order valence-corrected chi connectivity index (χ4v) is 5.19. The maximum Gasteiger partial charge on any atom is 0.349 e. The number of hydrogen-bond acceptors (Lipinski definition) is 13. The highest BCUT2D eigenvalue weighted by Gasteiger charge is 2.22. The number of rotatable bonds is 9. The molecule has 2 aromatic rings. The summed E-state index contributed by atoms with van der Waals surface area (Å²) in [5, 5.41) is 28.1. The fourth-order valence-electron chi connectivity index (χ4n) is 5.19. The Balaban J connectivity index is 0.000000216. The third-order valence-corrected chi connectivity index (χ3v) is 8.06. The smallest absolute Gasteiger partial charge is 0.349 e. The van der Waals surface area contributed by atoms with Gasteiger partial charge in [-0.2, -0.15) is 9.97 Å². The van der Waals surface area contributed by atoms with Crippen molar-refractivity contribution >= 4 is 45.9 Å². The number of carbonyl (C=O) groups is 4. The topological polar surface area (TPSA) is 328 Å². The standard InChI is InChI=1S/C17H17N5O5.C14H12N4O4.C3H7NO2/c1-8-5-10-11(6-9(8)2)22(7-12(23)18-4-3-13(24)25)15-14(19-10)16(26)21-17(27)20-15;1-6-3-8-9(4-7(6)2)18(5-10(19)20)12-11(15-8)13(21)17-14(22)16-12;4-2-1-3(5)6/h5-6H,3-4,7H2,1-2H3,(H,18,23)(H,24,25)(H,21,26,27);3-4H,5H2,1-2H3,(H,19,20)(H,17,21,22);1-2,4H2,(H,5,6). The van der Waals surface area contributed by atoms with Gasteiger partial charge < -0.3 is 35.5 Å². The fraction of sp³-hybridized carbons (Fsp3) is 0.294. The second-order valence-electron chi connectivity index (χ2n) is 12.2. The molecule has 1 amide bonds. The number of benzene rings is 2. The van der Waals surface area contributed by atoms with Gasteiger partial charge in [0.25, 0.3) is 11.1 Å². The molecule has 0 fully saturated rings. The summed E-state index contributed by atoms with van der Waals surface area (Å²) in [4.78, 5) is 111. The summed E-state index contributed by atoms with van der Waals surface area (Å²) in [7, 11) is 0. The third kappa shape index (κ3) is 9.84. The van der Waals surface area contributed by atoms with Crippen LogP contribution in [0.2, 0.25) is 0 Å². The Morgan fingerprint density at radius 3 is 1.44 bits per heavy atom. The van der Waals surface area contributed by atoms with Crippen LogP contribution in [0.25, 0.3) is 45.1 Å². The molecule has 0 aliphatic carbocycles. The van der Waals surface area contributed by atoms with Crippen LogP contribution in [0.4, 0.5) is 0 Å². The van der Waals surface area contributed by atoms with Crippen molar-refractivity contribution in [1.82, 2.24) is 44.4 Å². The largest absolute Gasteiger partial charge is 0.481 e. The van der Waals surface area contributed by atoms with Gasteiger partial charge in [-0.05, 0) is 74.2 Å². The number of carboxylic acids is 3. The Labute approximate surface area is 308 Å². The van der Waals surface area contributed by atoms with E-state index < -0.39 is 52.9 Å². The van der Waals surface area contributed by atoms with Crippen molar-refractivity contribution in [2.75, 3.05) is 13.1 Å².